The zero-order valence-corrected chi connectivity index (χ0v) is 18.6. The van der Waals surface area contributed by atoms with Crippen LogP contribution in [0.25, 0.3) is 0 Å². The van der Waals surface area contributed by atoms with E-state index in [1.165, 1.54) is 0 Å². The van der Waals surface area contributed by atoms with Gasteiger partial charge >= 0.3 is 0 Å². The molecule has 0 bridgehead atoms. The smallest absolute Gasteiger partial charge is 0.113 e. The van der Waals surface area contributed by atoms with Crippen LogP contribution in [0.1, 0.15) is 0 Å². The molecule has 0 aliphatic heterocycles. The van der Waals surface area contributed by atoms with Gasteiger partial charge < -0.3 is 47.7 Å². The van der Waals surface area contributed by atoms with Gasteiger partial charge in [-0.25, -0.2) is 4.39 Å². The van der Waals surface area contributed by atoms with Crippen LogP contribution in [0.3, 0.4) is 0 Å². The molecule has 0 heterocycles. The molecule has 0 fully saturated rings. The van der Waals surface area contributed by atoms with Crippen LogP contribution >= 0.6 is 0 Å². The minimum absolute atomic E-state index is 0.0256. The Labute approximate surface area is 185 Å². The number of aliphatic hydroxyl groups excluding tert-OH is 1. The molecule has 10 nitrogen and oxygen atoms in total. The quantitative estimate of drug-likeness (QED) is 0.162. The average Bonchev–Trinajstić information content (AvgIpc) is 2.78. The Morgan fingerprint density at radius 2 is 0.516 bits per heavy atom. The molecule has 0 aliphatic carbocycles. The Morgan fingerprint density at radius 1 is 0.323 bits per heavy atom. The third-order valence-corrected chi connectivity index (χ3v) is 3.43. The number of hydrogen-bond acceptors (Lipinski definition) is 10. The zero-order chi connectivity index (χ0) is 22.5. The lowest BCUT2D eigenvalue weighted by molar-refractivity contribution is -0.0256. The van der Waals surface area contributed by atoms with Crippen LogP contribution in [-0.2, 0) is 42.6 Å². The van der Waals surface area contributed by atoms with Crippen LogP contribution in [-0.4, -0.2) is 137 Å². The van der Waals surface area contributed by atoms with E-state index < -0.39 is 6.67 Å². The van der Waals surface area contributed by atoms with E-state index in [1.54, 1.807) is 0 Å². The van der Waals surface area contributed by atoms with Gasteiger partial charge in [-0.15, -0.1) is 0 Å². The number of hydrogen-bond donors (Lipinski definition) is 1. The lowest BCUT2D eigenvalue weighted by Gasteiger charge is -2.08. The van der Waals surface area contributed by atoms with Crippen molar-refractivity contribution in [2.75, 3.05) is 132 Å². The van der Waals surface area contributed by atoms with Crippen molar-refractivity contribution in [1.82, 2.24) is 0 Å². The normalized spacial score (nSPS) is 11.4. The SMILES string of the molecule is OCCOCCOCCOCCOCCOCCOCCOCCOCCOCCF. The summed E-state index contributed by atoms with van der Waals surface area (Å²) in [5.41, 5.74) is 0. The minimum atomic E-state index is -0.472. The van der Waals surface area contributed by atoms with Crippen molar-refractivity contribution in [2.45, 2.75) is 0 Å². The second-order valence-corrected chi connectivity index (χ2v) is 5.92. The van der Waals surface area contributed by atoms with E-state index in [0.29, 0.717) is 112 Å². The summed E-state index contributed by atoms with van der Waals surface area (Å²) in [6, 6.07) is 0. The summed E-state index contributed by atoms with van der Waals surface area (Å²) in [5.74, 6) is 0. The molecule has 0 saturated carbocycles. The van der Waals surface area contributed by atoms with E-state index in [2.05, 4.69) is 0 Å². The molecule has 1 N–H and O–H groups in total. The van der Waals surface area contributed by atoms with Crippen molar-refractivity contribution in [2.24, 2.45) is 0 Å². The number of alkyl halides is 1. The van der Waals surface area contributed by atoms with Crippen molar-refractivity contribution in [3.63, 3.8) is 0 Å². The summed E-state index contributed by atoms with van der Waals surface area (Å²) < 4.78 is 59.2. The van der Waals surface area contributed by atoms with Gasteiger partial charge in [-0.3, -0.25) is 0 Å². The molecule has 0 spiro atoms. The third-order valence-electron chi connectivity index (χ3n) is 3.43. The van der Waals surface area contributed by atoms with Crippen LogP contribution in [0.5, 0.6) is 0 Å². The fraction of sp³-hybridized carbons (Fsp3) is 1.00. The Balaban J connectivity index is 2.98. The molecule has 0 aromatic carbocycles. The first-order valence-corrected chi connectivity index (χ1v) is 10.8. The van der Waals surface area contributed by atoms with Gasteiger partial charge in [0.1, 0.15) is 6.67 Å². The summed E-state index contributed by atoms with van der Waals surface area (Å²) in [7, 11) is 0. The molecule has 0 atom stereocenters. The largest absolute Gasteiger partial charge is 0.394 e. The zero-order valence-electron chi connectivity index (χ0n) is 18.6. The van der Waals surface area contributed by atoms with Crippen LogP contribution in [0.4, 0.5) is 4.39 Å². The topological polar surface area (TPSA) is 103 Å². The second-order valence-electron chi connectivity index (χ2n) is 5.92. The van der Waals surface area contributed by atoms with Gasteiger partial charge in [-0.05, 0) is 0 Å². The van der Waals surface area contributed by atoms with Crippen LogP contribution in [0.15, 0.2) is 0 Å². The molecular weight excluding hydrogens is 419 g/mol. The first-order valence-electron chi connectivity index (χ1n) is 10.8. The van der Waals surface area contributed by atoms with Crippen LogP contribution < -0.4 is 0 Å². The predicted molar refractivity (Wildman–Crippen MR) is 110 cm³/mol. The Morgan fingerprint density at radius 3 is 0.710 bits per heavy atom. The number of aliphatic hydroxyl groups is 1. The van der Waals surface area contributed by atoms with Crippen molar-refractivity contribution in [1.29, 1.82) is 0 Å². The lowest BCUT2D eigenvalue weighted by Crippen LogP contribution is -2.15. The Kier molecular flexibility index (Phi) is 29.1. The molecule has 0 aromatic heterocycles. The molecule has 0 radical (unpaired) electrons. The van der Waals surface area contributed by atoms with Crippen molar-refractivity contribution in [3.05, 3.63) is 0 Å². The highest BCUT2D eigenvalue weighted by Crippen LogP contribution is 1.86. The highest BCUT2D eigenvalue weighted by molar-refractivity contribution is 4.38. The van der Waals surface area contributed by atoms with Gasteiger partial charge in [0, 0.05) is 0 Å². The van der Waals surface area contributed by atoms with Crippen molar-refractivity contribution >= 4 is 0 Å². The highest BCUT2D eigenvalue weighted by Gasteiger charge is 1.95. The first kappa shape index (κ1) is 30.5. The fourth-order valence-electron chi connectivity index (χ4n) is 1.98. The predicted octanol–water partition coefficient (Wildman–Crippen LogP) is 0.0976. The molecule has 0 aliphatic rings. The molecule has 0 rings (SSSR count). The van der Waals surface area contributed by atoms with Gasteiger partial charge in [0.15, 0.2) is 0 Å². The van der Waals surface area contributed by atoms with Crippen molar-refractivity contribution < 1.29 is 52.1 Å². The average molecular weight is 461 g/mol. The maximum atomic E-state index is 11.8. The maximum absolute atomic E-state index is 11.8. The second kappa shape index (κ2) is 29.5. The lowest BCUT2D eigenvalue weighted by atomic mass is 10.6. The molecule has 0 aromatic rings. The van der Waals surface area contributed by atoms with Gasteiger partial charge in [-0.2, -0.15) is 0 Å². The summed E-state index contributed by atoms with van der Waals surface area (Å²) in [6.07, 6.45) is 0. The highest BCUT2D eigenvalue weighted by atomic mass is 19.1. The van der Waals surface area contributed by atoms with E-state index in [1.807, 2.05) is 0 Å². The molecule has 11 heteroatoms. The minimum Gasteiger partial charge on any atom is -0.394 e. The Hall–Kier alpha value is -0.470. The fourth-order valence-corrected chi connectivity index (χ4v) is 1.98. The third kappa shape index (κ3) is 29.5. The summed E-state index contributed by atoms with van der Waals surface area (Å²) in [5, 5.41) is 8.53. The van der Waals surface area contributed by atoms with Crippen LogP contribution in [0, 0.1) is 0 Å². The van der Waals surface area contributed by atoms with Gasteiger partial charge in [0.05, 0.1) is 126 Å². The molecule has 188 valence electrons. The molecule has 0 amide bonds. The van der Waals surface area contributed by atoms with E-state index in [-0.39, 0.29) is 13.2 Å². The summed E-state index contributed by atoms with van der Waals surface area (Å²) in [6.45, 7) is 7.77. The Bertz CT molecular complexity index is 288. The van der Waals surface area contributed by atoms with E-state index in [9.17, 15) is 4.39 Å². The van der Waals surface area contributed by atoms with E-state index in [0.717, 1.165) is 0 Å². The summed E-state index contributed by atoms with van der Waals surface area (Å²) >= 11 is 0. The van der Waals surface area contributed by atoms with Gasteiger partial charge in [0.2, 0.25) is 0 Å². The van der Waals surface area contributed by atoms with E-state index >= 15 is 0 Å². The van der Waals surface area contributed by atoms with E-state index in [4.69, 9.17) is 47.7 Å². The monoisotopic (exact) mass is 460 g/mol. The first-order chi connectivity index (χ1) is 15.4. The van der Waals surface area contributed by atoms with Gasteiger partial charge in [-0.1, -0.05) is 0 Å². The molecule has 0 unspecified atom stereocenters. The molecule has 0 saturated heterocycles. The molecular formula is C20H41FO10. The number of rotatable bonds is 28. The summed E-state index contributed by atoms with van der Waals surface area (Å²) in [4.78, 5) is 0. The standard InChI is InChI=1S/C20H41FO10/c21-1-3-23-5-7-25-9-11-27-13-15-29-17-19-31-20-18-30-16-14-28-12-10-26-8-6-24-4-2-22/h22H,1-20H2. The molecule has 31 heavy (non-hydrogen) atoms. The van der Waals surface area contributed by atoms with Crippen LogP contribution in [0.2, 0.25) is 0 Å². The number of halogens is 1. The van der Waals surface area contributed by atoms with Crippen molar-refractivity contribution in [3.8, 4) is 0 Å². The van der Waals surface area contributed by atoms with Gasteiger partial charge in [0.25, 0.3) is 0 Å². The maximum Gasteiger partial charge on any atom is 0.113 e. The number of ether oxygens (including phenoxy) is 9.